The summed E-state index contributed by atoms with van der Waals surface area (Å²) < 4.78 is 5.41. The summed E-state index contributed by atoms with van der Waals surface area (Å²) >= 11 is 6.23. The van der Waals surface area contributed by atoms with E-state index in [0.29, 0.717) is 23.6 Å². The van der Waals surface area contributed by atoms with E-state index < -0.39 is 11.8 Å². The van der Waals surface area contributed by atoms with E-state index in [4.69, 9.17) is 16.3 Å². The number of hydrogen-bond acceptors (Lipinski definition) is 3. The van der Waals surface area contributed by atoms with E-state index in [0.717, 1.165) is 16.0 Å². The second-order valence-corrected chi connectivity index (χ2v) is 6.19. The summed E-state index contributed by atoms with van der Waals surface area (Å²) in [5, 5.41) is -0.0601. The van der Waals surface area contributed by atoms with Crippen LogP contribution in [0.4, 0.5) is 5.69 Å². The summed E-state index contributed by atoms with van der Waals surface area (Å²) in [5.41, 5.74) is 3.26. The Morgan fingerprint density at radius 1 is 1.00 bits per heavy atom. The average Bonchev–Trinajstić information content (AvgIpc) is 2.81. The van der Waals surface area contributed by atoms with Crippen molar-refractivity contribution in [1.82, 2.24) is 0 Å². The topological polar surface area (TPSA) is 46.6 Å². The van der Waals surface area contributed by atoms with Crippen molar-refractivity contribution in [3.05, 3.63) is 64.2 Å². The van der Waals surface area contributed by atoms with Crippen LogP contribution in [0.3, 0.4) is 0 Å². The first-order valence-electron chi connectivity index (χ1n) is 8.03. The minimum absolute atomic E-state index is 0.0601. The Hall–Kier alpha value is -2.59. The van der Waals surface area contributed by atoms with E-state index >= 15 is 0 Å². The van der Waals surface area contributed by atoms with Gasteiger partial charge in [-0.15, -0.1) is 0 Å². The van der Waals surface area contributed by atoms with Gasteiger partial charge in [0.2, 0.25) is 0 Å². The summed E-state index contributed by atoms with van der Waals surface area (Å²) in [5.74, 6) is -0.205. The van der Waals surface area contributed by atoms with Crippen LogP contribution in [0.25, 0.3) is 5.57 Å². The fraction of sp³-hybridized carbons (Fsp3) is 0.200. The molecule has 0 radical (unpaired) electrons. The van der Waals surface area contributed by atoms with Crippen molar-refractivity contribution in [3.8, 4) is 5.75 Å². The predicted octanol–water partition coefficient (Wildman–Crippen LogP) is 4.23. The molecule has 0 saturated carbocycles. The number of rotatable bonds is 4. The van der Waals surface area contributed by atoms with Gasteiger partial charge in [-0.2, -0.15) is 0 Å². The highest BCUT2D eigenvalue weighted by atomic mass is 35.5. The fourth-order valence-corrected chi connectivity index (χ4v) is 3.11. The first kappa shape index (κ1) is 17.2. The molecule has 2 aromatic rings. The quantitative estimate of drug-likeness (QED) is 0.771. The maximum atomic E-state index is 12.9. The molecule has 0 N–H and O–H groups in total. The Morgan fingerprint density at radius 2 is 1.68 bits per heavy atom. The third-order valence-electron chi connectivity index (χ3n) is 4.30. The Morgan fingerprint density at radius 3 is 2.32 bits per heavy atom. The van der Waals surface area contributed by atoms with E-state index in [1.165, 1.54) is 0 Å². The van der Waals surface area contributed by atoms with Crippen molar-refractivity contribution in [2.45, 2.75) is 20.8 Å². The second kappa shape index (κ2) is 6.73. The third-order valence-corrected chi connectivity index (χ3v) is 4.65. The van der Waals surface area contributed by atoms with Gasteiger partial charge in [0.05, 0.1) is 17.9 Å². The van der Waals surface area contributed by atoms with Crippen LogP contribution in [0.2, 0.25) is 0 Å². The van der Waals surface area contributed by atoms with Crippen molar-refractivity contribution in [2.75, 3.05) is 11.5 Å². The van der Waals surface area contributed by atoms with Gasteiger partial charge in [0, 0.05) is 0 Å². The fourth-order valence-electron chi connectivity index (χ4n) is 2.83. The number of carbonyl (C=O) groups is 2. The maximum absolute atomic E-state index is 12.9. The SMILES string of the molecule is CCOc1ccc(C2=C(Cl)C(=O)N(c3cccc(C)c3C)C2=O)cc1. The molecule has 0 saturated heterocycles. The number of halogens is 1. The highest BCUT2D eigenvalue weighted by molar-refractivity contribution is 6.60. The van der Waals surface area contributed by atoms with Crippen molar-refractivity contribution in [2.24, 2.45) is 0 Å². The van der Waals surface area contributed by atoms with E-state index in [-0.39, 0.29) is 10.6 Å². The van der Waals surface area contributed by atoms with E-state index in [9.17, 15) is 9.59 Å². The van der Waals surface area contributed by atoms with Crippen molar-refractivity contribution in [3.63, 3.8) is 0 Å². The molecule has 2 aromatic carbocycles. The van der Waals surface area contributed by atoms with Gasteiger partial charge in [-0.1, -0.05) is 35.9 Å². The Labute approximate surface area is 151 Å². The monoisotopic (exact) mass is 355 g/mol. The number of imide groups is 1. The molecule has 0 spiro atoms. The number of nitrogens with zero attached hydrogens (tertiary/aromatic N) is 1. The number of anilines is 1. The molecule has 1 heterocycles. The molecule has 3 rings (SSSR count). The second-order valence-electron chi connectivity index (χ2n) is 5.81. The van der Waals surface area contributed by atoms with Crippen molar-refractivity contribution < 1.29 is 14.3 Å². The molecule has 25 heavy (non-hydrogen) atoms. The molecule has 128 valence electrons. The van der Waals surface area contributed by atoms with Crippen molar-refractivity contribution >= 4 is 34.7 Å². The smallest absolute Gasteiger partial charge is 0.277 e. The summed E-state index contributed by atoms with van der Waals surface area (Å²) in [4.78, 5) is 26.7. The summed E-state index contributed by atoms with van der Waals surface area (Å²) in [6.07, 6.45) is 0. The zero-order valence-corrected chi connectivity index (χ0v) is 15.1. The first-order valence-corrected chi connectivity index (χ1v) is 8.41. The van der Waals surface area contributed by atoms with Gasteiger partial charge < -0.3 is 4.74 Å². The minimum atomic E-state index is -0.496. The number of benzene rings is 2. The number of aryl methyl sites for hydroxylation is 1. The minimum Gasteiger partial charge on any atom is -0.494 e. The number of ether oxygens (including phenoxy) is 1. The van der Waals surface area contributed by atoms with E-state index in [2.05, 4.69) is 0 Å². The van der Waals surface area contributed by atoms with Crippen LogP contribution in [0.5, 0.6) is 5.75 Å². The Balaban J connectivity index is 2.01. The van der Waals surface area contributed by atoms with Crippen LogP contribution < -0.4 is 9.64 Å². The van der Waals surface area contributed by atoms with E-state index in [1.54, 1.807) is 30.3 Å². The van der Waals surface area contributed by atoms with Crippen LogP contribution in [0.1, 0.15) is 23.6 Å². The number of carbonyl (C=O) groups excluding carboxylic acids is 2. The summed E-state index contributed by atoms with van der Waals surface area (Å²) in [6, 6.07) is 12.5. The molecule has 1 aliphatic rings. The molecule has 0 fully saturated rings. The Bertz CT molecular complexity index is 884. The molecule has 1 aliphatic heterocycles. The summed E-state index contributed by atoms with van der Waals surface area (Å²) in [6.45, 7) is 6.27. The van der Waals surface area contributed by atoms with Gasteiger partial charge in [-0.3, -0.25) is 9.59 Å². The highest BCUT2D eigenvalue weighted by Gasteiger charge is 2.39. The molecular formula is C20H18ClNO3. The van der Waals surface area contributed by atoms with Crippen LogP contribution >= 0.6 is 11.6 Å². The molecule has 2 amide bonds. The van der Waals surface area contributed by atoms with Gasteiger partial charge in [0.1, 0.15) is 10.8 Å². The maximum Gasteiger partial charge on any atom is 0.277 e. The third kappa shape index (κ3) is 2.94. The molecule has 5 heteroatoms. The first-order chi connectivity index (χ1) is 12.0. The summed E-state index contributed by atoms with van der Waals surface area (Å²) in [7, 11) is 0. The van der Waals surface area contributed by atoms with Crippen molar-refractivity contribution in [1.29, 1.82) is 0 Å². The van der Waals surface area contributed by atoms with Gasteiger partial charge in [0.15, 0.2) is 0 Å². The largest absolute Gasteiger partial charge is 0.494 e. The molecular weight excluding hydrogens is 338 g/mol. The lowest BCUT2D eigenvalue weighted by Crippen LogP contribution is -2.31. The van der Waals surface area contributed by atoms with Gasteiger partial charge in [0.25, 0.3) is 11.8 Å². The lowest BCUT2D eigenvalue weighted by Gasteiger charge is -2.18. The highest BCUT2D eigenvalue weighted by Crippen LogP contribution is 2.37. The van der Waals surface area contributed by atoms with Gasteiger partial charge in [-0.25, -0.2) is 4.90 Å². The Kier molecular flexibility index (Phi) is 4.64. The molecule has 0 aromatic heterocycles. The molecule has 0 aliphatic carbocycles. The lowest BCUT2D eigenvalue weighted by molar-refractivity contribution is -0.119. The molecule has 0 unspecified atom stereocenters. The van der Waals surface area contributed by atoms with Crippen LogP contribution in [-0.2, 0) is 9.59 Å². The molecule has 0 bridgehead atoms. The molecule has 0 atom stereocenters. The van der Waals surface area contributed by atoms with Crippen LogP contribution in [0.15, 0.2) is 47.5 Å². The van der Waals surface area contributed by atoms with Gasteiger partial charge >= 0.3 is 0 Å². The zero-order chi connectivity index (χ0) is 18.1. The van der Waals surface area contributed by atoms with Gasteiger partial charge in [-0.05, 0) is 55.7 Å². The van der Waals surface area contributed by atoms with Crippen LogP contribution in [-0.4, -0.2) is 18.4 Å². The predicted molar refractivity (Wildman–Crippen MR) is 98.8 cm³/mol. The van der Waals surface area contributed by atoms with E-state index in [1.807, 2.05) is 32.9 Å². The number of hydrogen-bond donors (Lipinski definition) is 0. The lowest BCUT2D eigenvalue weighted by atomic mass is 10.1. The average molecular weight is 356 g/mol. The van der Waals surface area contributed by atoms with Crippen LogP contribution in [0, 0.1) is 13.8 Å². The molecule has 4 nitrogen and oxygen atoms in total. The normalized spacial score (nSPS) is 14.5. The standard InChI is InChI=1S/C20H18ClNO3/c1-4-25-15-10-8-14(9-11-15)17-18(21)20(24)22(19(17)23)16-7-5-6-12(2)13(16)3/h5-11H,4H2,1-3H3. The zero-order valence-electron chi connectivity index (χ0n) is 14.3. The number of amides is 2.